The van der Waals surface area contributed by atoms with Crippen LogP contribution in [0.5, 0.6) is 0 Å². The molecule has 0 saturated carbocycles. The summed E-state index contributed by atoms with van der Waals surface area (Å²) in [4.78, 5) is 44.1. The first kappa shape index (κ1) is 13.1. The summed E-state index contributed by atoms with van der Waals surface area (Å²) in [5.74, 6) is 0. The SMILES string of the molecule is O=c1cnn(-c2ccc([N+](=O)[O-])cc2[N+](=O)[O-])c(=O)[nH]1. The van der Waals surface area contributed by atoms with Crippen molar-refractivity contribution >= 4 is 11.4 Å². The zero-order valence-corrected chi connectivity index (χ0v) is 9.55. The standard InChI is InChI=1S/C9H5N5O6/c15-8-4-10-12(9(16)11-8)6-2-1-5(13(17)18)3-7(6)14(19)20/h1-4H,(H,11,15,16). The lowest BCUT2D eigenvalue weighted by Gasteiger charge is -2.03. The molecule has 0 atom stereocenters. The van der Waals surface area contributed by atoms with Crippen LogP contribution in [0.3, 0.4) is 0 Å². The third-order valence-electron chi connectivity index (χ3n) is 2.31. The van der Waals surface area contributed by atoms with Gasteiger partial charge in [0.2, 0.25) is 0 Å². The van der Waals surface area contributed by atoms with E-state index in [-0.39, 0.29) is 5.69 Å². The van der Waals surface area contributed by atoms with Crippen LogP contribution in [0.25, 0.3) is 5.69 Å². The summed E-state index contributed by atoms with van der Waals surface area (Å²) in [6, 6.07) is 2.69. The van der Waals surface area contributed by atoms with Crippen LogP contribution in [-0.2, 0) is 0 Å². The van der Waals surface area contributed by atoms with Gasteiger partial charge in [-0.3, -0.25) is 30.0 Å². The van der Waals surface area contributed by atoms with Crippen molar-refractivity contribution in [1.82, 2.24) is 14.8 Å². The molecule has 0 aliphatic rings. The van der Waals surface area contributed by atoms with Crippen LogP contribution in [0.15, 0.2) is 34.0 Å². The quantitative estimate of drug-likeness (QED) is 0.599. The van der Waals surface area contributed by atoms with Crippen LogP contribution in [0.1, 0.15) is 0 Å². The monoisotopic (exact) mass is 279 g/mol. The van der Waals surface area contributed by atoms with Gasteiger partial charge in [-0.05, 0) is 6.07 Å². The Bertz CT molecular complexity index is 822. The molecule has 0 saturated heterocycles. The van der Waals surface area contributed by atoms with Crippen molar-refractivity contribution < 1.29 is 9.85 Å². The fourth-order valence-corrected chi connectivity index (χ4v) is 1.48. The Morgan fingerprint density at radius 3 is 2.40 bits per heavy atom. The van der Waals surface area contributed by atoms with E-state index in [2.05, 4.69) is 5.10 Å². The number of non-ortho nitro benzene ring substituents is 1. The number of nitro groups is 2. The molecule has 2 rings (SSSR count). The summed E-state index contributed by atoms with van der Waals surface area (Å²) in [5, 5.41) is 25.0. The van der Waals surface area contributed by atoms with Gasteiger partial charge < -0.3 is 0 Å². The van der Waals surface area contributed by atoms with E-state index in [9.17, 15) is 29.8 Å². The summed E-state index contributed by atoms with van der Waals surface area (Å²) in [7, 11) is 0. The number of nitrogens with zero attached hydrogens (tertiary/aromatic N) is 4. The predicted molar refractivity (Wildman–Crippen MR) is 63.8 cm³/mol. The van der Waals surface area contributed by atoms with E-state index in [0.29, 0.717) is 10.7 Å². The number of benzene rings is 1. The third kappa shape index (κ3) is 2.27. The first-order chi connectivity index (χ1) is 9.40. The Kier molecular flexibility index (Phi) is 3.08. The highest BCUT2D eigenvalue weighted by Crippen LogP contribution is 2.26. The normalized spacial score (nSPS) is 10.2. The van der Waals surface area contributed by atoms with Crippen molar-refractivity contribution in [3.05, 3.63) is 65.5 Å². The summed E-state index contributed by atoms with van der Waals surface area (Å²) in [5.41, 5.74) is -3.23. The van der Waals surface area contributed by atoms with Crippen molar-refractivity contribution in [3.8, 4) is 5.69 Å². The van der Waals surface area contributed by atoms with E-state index in [1.807, 2.05) is 4.98 Å². The van der Waals surface area contributed by atoms with Crippen LogP contribution in [-0.4, -0.2) is 24.6 Å². The molecule has 1 N–H and O–H groups in total. The van der Waals surface area contributed by atoms with E-state index in [4.69, 9.17) is 0 Å². The maximum absolute atomic E-state index is 11.5. The number of aromatic nitrogens is 3. The molecule has 0 aliphatic heterocycles. The molecule has 0 bridgehead atoms. The highest BCUT2D eigenvalue weighted by Gasteiger charge is 2.22. The van der Waals surface area contributed by atoms with Crippen LogP contribution in [0.4, 0.5) is 11.4 Å². The van der Waals surface area contributed by atoms with Gasteiger partial charge in [-0.2, -0.15) is 9.78 Å². The van der Waals surface area contributed by atoms with Gasteiger partial charge >= 0.3 is 11.4 Å². The summed E-state index contributed by atoms with van der Waals surface area (Å²) in [6.07, 6.45) is 0.756. The summed E-state index contributed by atoms with van der Waals surface area (Å²) < 4.78 is 0.573. The van der Waals surface area contributed by atoms with Crippen molar-refractivity contribution in [2.75, 3.05) is 0 Å². The number of hydrogen-bond donors (Lipinski definition) is 1. The smallest absolute Gasteiger partial charge is 0.271 e. The minimum Gasteiger partial charge on any atom is -0.271 e. The third-order valence-corrected chi connectivity index (χ3v) is 2.31. The minimum atomic E-state index is -0.991. The molecule has 20 heavy (non-hydrogen) atoms. The fourth-order valence-electron chi connectivity index (χ4n) is 1.48. The molecule has 11 nitrogen and oxygen atoms in total. The number of rotatable bonds is 3. The predicted octanol–water partition coefficient (Wildman–Crippen LogP) is -0.263. The average Bonchev–Trinajstić information content (AvgIpc) is 2.38. The molecule has 0 unspecified atom stereocenters. The molecule has 11 heteroatoms. The van der Waals surface area contributed by atoms with Crippen molar-refractivity contribution in [3.63, 3.8) is 0 Å². The number of H-pyrrole nitrogens is 1. The van der Waals surface area contributed by atoms with Crippen LogP contribution < -0.4 is 11.2 Å². The number of nitrogens with one attached hydrogen (secondary N) is 1. The second-order valence-electron chi connectivity index (χ2n) is 3.54. The Morgan fingerprint density at radius 2 is 1.85 bits per heavy atom. The minimum absolute atomic E-state index is 0.290. The molecule has 1 aromatic carbocycles. The van der Waals surface area contributed by atoms with Crippen molar-refractivity contribution in [2.45, 2.75) is 0 Å². The van der Waals surface area contributed by atoms with Gasteiger partial charge in [0.05, 0.1) is 15.9 Å². The second kappa shape index (κ2) is 4.72. The molecule has 0 amide bonds. The Labute approximate surface area is 108 Å². The largest absolute Gasteiger partial charge is 0.349 e. The van der Waals surface area contributed by atoms with Gasteiger partial charge in [0, 0.05) is 6.07 Å². The molecule has 0 spiro atoms. The Morgan fingerprint density at radius 1 is 1.15 bits per heavy atom. The van der Waals surface area contributed by atoms with E-state index in [1.165, 1.54) is 0 Å². The van der Waals surface area contributed by atoms with Gasteiger partial charge in [0.25, 0.3) is 11.2 Å². The lowest BCUT2D eigenvalue weighted by Crippen LogP contribution is -2.30. The molecule has 1 heterocycles. The number of hydrogen-bond acceptors (Lipinski definition) is 7. The molecular weight excluding hydrogens is 274 g/mol. The molecule has 102 valence electrons. The first-order valence-corrected chi connectivity index (χ1v) is 5.02. The van der Waals surface area contributed by atoms with Crippen LogP contribution in [0.2, 0.25) is 0 Å². The van der Waals surface area contributed by atoms with Gasteiger partial charge in [-0.15, -0.1) is 0 Å². The zero-order valence-electron chi connectivity index (χ0n) is 9.55. The van der Waals surface area contributed by atoms with Gasteiger partial charge in [0.15, 0.2) is 0 Å². The van der Waals surface area contributed by atoms with Crippen molar-refractivity contribution in [2.24, 2.45) is 0 Å². The van der Waals surface area contributed by atoms with Crippen molar-refractivity contribution in [1.29, 1.82) is 0 Å². The maximum atomic E-state index is 11.5. The lowest BCUT2D eigenvalue weighted by molar-refractivity contribution is -0.394. The second-order valence-corrected chi connectivity index (χ2v) is 3.54. The van der Waals surface area contributed by atoms with Gasteiger partial charge in [-0.1, -0.05) is 0 Å². The highest BCUT2D eigenvalue weighted by molar-refractivity contribution is 5.57. The van der Waals surface area contributed by atoms with E-state index in [0.717, 1.165) is 18.3 Å². The highest BCUT2D eigenvalue weighted by atomic mass is 16.6. The molecule has 1 aromatic heterocycles. The molecule has 2 aromatic rings. The Balaban J connectivity index is 2.74. The zero-order chi connectivity index (χ0) is 14.9. The molecule has 0 aliphatic carbocycles. The molecular formula is C9H5N5O6. The van der Waals surface area contributed by atoms with Gasteiger partial charge in [-0.25, -0.2) is 4.79 Å². The van der Waals surface area contributed by atoms with Gasteiger partial charge in [0.1, 0.15) is 11.9 Å². The van der Waals surface area contributed by atoms with E-state index in [1.54, 1.807) is 0 Å². The summed E-state index contributed by atoms with van der Waals surface area (Å²) >= 11 is 0. The average molecular weight is 279 g/mol. The molecule has 0 radical (unpaired) electrons. The van der Waals surface area contributed by atoms with E-state index < -0.39 is 32.5 Å². The van der Waals surface area contributed by atoms with E-state index >= 15 is 0 Å². The first-order valence-electron chi connectivity index (χ1n) is 5.02. The summed E-state index contributed by atoms with van der Waals surface area (Å²) in [6.45, 7) is 0. The fraction of sp³-hybridized carbons (Fsp3) is 0. The maximum Gasteiger partial charge on any atom is 0.349 e. The van der Waals surface area contributed by atoms with Crippen LogP contribution in [0, 0.1) is 20.2 Å². The number of nitro benzene ring substituents is 2. The molecule has 0 fully saturated rings. The Hall–Kier alpha value is -3.37. The topological polar surface area (TPSA) is 154 Å². The lowest BCUT2D eigenvalue weighted by atomic mass is 10.2. The van der Waals surface area contributed by atoms with Crippen LogP contribution >= 0.6 is 0 Å². The number of aromatic amines is 1.